The standard InChI is InChI=1S/C21H29FN6/c1-3-23-21(25-15-17-6-4-8-19(22)14-17)26-16-18-7-5-9-24-20(18)28-12-10-27(2)11-13-28/h4-9,14H,3,10-13,15-16H2,1-2H3,(H2,23,25,26). The molecule has 6 nitrogen and oxygen atoms in total. The number of nitrogens with zero attached hydrogens (tertiary/aromatic N) is 4. The highest BCUT2D eigenvalue weighted by Gasteiger charge is 2.17. The zero-order valence-corrected chi connectivity index (χ0v) is 16.7. The van der Waals surface area contributed by atoms with Crippen molar-refractivity contribution in [3.63, 3.8) is 0 Å². The monoisotopic (exact) mass is 384 g/mol. The van der Waals surface area contributed by atoms with Crippen molar-refractivity contribution < 1.29 is 4.39 Å². The fraction of sp³-hybridized carbons (Fsp3) is 0.429. The van der Waals surface area contributed by atoms with Crippen LogP contribution < -0.4 is 15.5 Å². The van der Waals surface area contributed by atoms with E-state index in [1.807, 2.05) is 25.3 Å². The predicted octanol–water partition coefficient (Wildman–Crippen LogP) is 2.23. The first kappa shape index (κ1) is 20.1. The number of pyridine rings is 1. The third-order valence-corrected chi connectivity index (χ3v) is 4.77. The van der Waals surface area contributed by atoms with E-state index in [4.69, 9.17) is 0 Å². The number of guanidine groups is 1. The quantitative estimate of drug-likeness (QED) is 0.591. The average molecular weight is 385 g/mol. The maximum absolute atomic E-state index is 13.4. The van der Waals surface area contributed by atoms with E-state index in [1.54, 1.807) is 6.07 Å². The molecule has 0 spiro atoms. The van der Waals surface area contributed by atoms with Crippen LogP contribution in [0.3, 0.4) is 0 Å². The zero-order valence-electron chi connectivity index (χ0n) is 16.7. The molecule has 1 aliphatic rings. The summed E-state index contributed by atoms with van der Waals surface area (Å²) in [5.41, 5.74) is 1.99. The van der Waals surface area contributed by atoms with Gasteiger partial charge < -0.3 is 20.4 Å². The molecule has 3 rings (SSSR count). The molecular formula is C21H29FN6. The van der Waals surface area contributed by atoms with E-state index >= 15 is 0 Å². The highest BCUT2D eigenvalue weighted by molar-refractivity contribution is 5.79. The SMILES string of the molecule is CCNC(=NCc1cccc(F)c1)NCc1cccnc1N1CCN(C)CC1. The molecule has 2 heterocycles. The topological polar surface area (TPSA) is 55.8 Å². The molecule has 150 valence electrons. The first-order valence-corrected chi connectivity index (χ1v) is 9.79. The Labute approximate surface area is 166 Å². The lowest BCUT2D eigenvalue weighted by Gasteiger charge is -2.34. The van der Waals surface area contributed by atoms with Gasteiger partial charge in [-0.25, -0.2) is 14.4 Å². The van der Waals surface area contributed by atoms with Gasteiger partial charge in [0, 0.05) is 51.0 Å². The maximum atomic E-state index is 13.4. The summed E-state index contributed by atoms with van der Waals surface area (Å²) < 4.78 is 13.4. The van der Waals surface area contributed by atoms with Crippen LogP contribution in [-0.2, 0) is 13.1 Å². The number of aliphatic imine (C=N–C) groups is 1. The minimum absolute atomic E-state index is 0.238. The minimum atomic E-state index is -0.238. The van der Waals surface area contributed by atoms with Crippen molar-refractivity contribution in [1.29, 1.82) is 0 Å². The minimum Gasteiger partial charge on any atom is -0.357 e. The van der Waals surface area contributed by atoms with Crippen molar-refractivity contribution in [2.45, 2.75) is 20.0 Å². The Balaban J connectivity index is 1.66. The van der Waals surface area contributed by atoms with E-state index in [-0.39, 0.29) is 5.82 Å². The van der Waals surface area contributed by atoms with Gasteiger partial charge in [-0.1, -0.05) is 18.2 Å². The van der Waals surface area contributed by atoms with Gasteiger partial charge in [-0.15, -0.1) is 0 Å². The van der Waals surface area contributed by atoms with Crippen LogP contribution in [0.5, 0.6) is 0 Å². The van der Waals surface area contributed by atoms with Crippen LogP contribution in [-0.4, -0.2) is 55.6 Å². The maximum Gasteiger partial charge on any atom is 0.191 e. The van der Waals surface area contributed by atoms with Gasteiger partial charge in [-0.05, 0) is 37.7 Å². The van der Waals surface area contributed by atoms with Crippen molar-refractivity contribution >= 4 is 11.8 Å². The average Bonchev–Trinajstić information content (AvgIpc) is 2.71. The molecule has 0 saturated carbocycles. The summed E-state index contributed by atoms with van der Waals surface area (Å²) in [6, 6.07) is 10.6. The van der Waals surface area contributed by atoms with Gasteiger partial charge in [0.15, 0.2) is 5.96 Å². The summed E-state index contributed by atoms with van der Waals surface area (Å²) in [4.78, 5) is 13.9. The summed E-state index contributed by atoms with van der Waals surface area (Å²) in [5, 5.41) is 6.63. The lowest BCUT2D eigenvalue weighted by molar-refractivity contribution is 0.312. The Hall–Kier alpha value is -2.67. The molecular weight excluding hydrogens is 355 g/mol. The van der Waals surface area contributed by atoms with E-state index in [2.05, 4.69) is 43.5 Å². The van der Waals surface area contributed by atoms with Crippen LogP contribution in [0, 0.1) is 5.82 Å². The second-order valence-corrected chi connectivity index (χ2v) is 6.96. The van der Waals surface area contributed by atoms with E-state index < -0.39 is 0 Å². The number of nitrogens with one attached hydrogen (secondary N) is 2. The third-order valence-electron chi connectivity index (χ3n) is 4.77. The molecule has 0 bridgehead atoms. The van der Waals surface area contributed by atoms with Gasteiger partial charge in [0.25, 0.3) is 0 Å². The number of likely N-dealkylation sites (N-methyl/N-ethyl adjacent to an activating group) is 1. The zero-order chi connectivity index (χ0) is 19.8. The van der Waals surface area contributed by atoms with Crippen molar-refractivity contribution in [1.82, 2.24) is 20.5 Å². The fourth-order valence-corrected chi connectivity index (χ4v) is 3.20. The first-order chi connectivity index (χ1) is 13.7. The summed E-state index contributed by atoms with van der Waals surface area (Å²) in [5.74, 6) is 1.50. The normalized spacial score (nSPS) is 15.5. The smallest absolute Gasteiger partial charge is 0.191 e. The van der Waals surface area contributed by atoms with Crippen LogP contribution >= 0.6 is 0 Å². The van der Waals surface area contributed by atoms with Crippen molar-refractivity contribution in [2.24, 2.45) is 4.99 Å². The number of piperazine rings is 1. The van der Waals surface area contributed by atoms with E-state index in [0.717, 1.165) is 49.7 Å². The van der Waals surface area contributed by atoms with Gasteiger partial charge in [0.05, 0.1) is 6.54 Å². The molecule has 0 aliphatic carbocycles. The fourth-order valence-electron chi connectivity index (χ4n) is 3.20. The van der Waals surface area contributed by atoms with Crippen LogP contribution in [0.25, 0.3) is 0 Å². The molecule has 7 heteroatoms. The van der Waals surface area contributed by atoms with Crippen LogP contribution in [0.1, 0.15) is 18.1 Å². The highest BCUT2D eigenvalue weighted by atomic mass is 19.1. The lowest BCUT2D eigenvalue weighted by Crippen LogP contribution is -2.45. The molecule has 0 atom stereocenters. The molecule has 2 aromatic rings. The summed E-state index contributed by atoms with van der Waals surface area (Å²) in [7, 11) is 2.15. The van der Waals surface area contributed by atoms with Crippen molar-refractivity contribution in [3.8, 4) is 0 Å². The number of hydrogen-bond acceptors (Lipinski definition) is 4. The van der Waals surface area contributed by atoms with Gasteiger partial charge >= 0.3 is 0 Å². The number of aromatic nitrogens is 1. The lowest BCUT2D eigenvalue weighted by atomic mass is 10.2. The number of hydrogen-bond donors (Lipinski definition) is 2. The Morgan fingerprint density at radius 1 is 1.14 bits per heavy atom. The molecule has 1 saturated heterocycles. The van der Waals surface area contributed by atoms with Crippen LogP contribution in [0.4, 0.5) is 10.2 Å². The van der Waals surface area contributed by atoms with Crippen molar-refractivity contribution in [2.75, 3.05) is 44.7 Å². The van der Waals surface area contributed by atoms with Crippen LogP contribution in [0.15, 0.2) is 47.6 Å². The Bertz CT molecular complexity index is 786. The third kappa shape index (κ3) is 5.66. The molecule has 1 aromatic carbocycles. The summed E-state index contributed by atoms with van der Waals surface area (Å²) in [6.45, 7) is 7.88. The molecule has 1 fully saturated rings. The van der Waals surface area contributed by atoms with E-state index in [0.29, 0.717) is 19.0 Å². The predicted molar refractivity (Wildman–Crippen MR) is 112 cm³/mol. The van der Waals surface area contributed by atoms with E-state index in [1.165, 1.54) is 12.1 Å². The molecule has 1 aliphatic heterocycles. The molecule has 0 unspecified atom stereocenters. The van der Waals surface area contributed by atoms with Gasteiger partial charge in [0.2, 0.25) is 0 Å². The second kappa shape index (κ2) is 10.0. The largest absolute Gasteiger partial charge is 0.357 e. The number of halogens is 1. The highest BCUT2D eigenvalue weighted by Crippen LogP contribution is 2.18. The second-order valence-electron chi connectivity index (χ2n) is 6.96. The van der Waals surface area contributed by atoms with E-state index in [9.17, 15) is 4.39 Å². The van der Waals surface area contributed by atoms with Gasteiger partial charge in [-0.2, -0.15) is 0 Å². The molecule has 2 N–H and O–H groups in total. The number of rotatable bonds is 6. The van der Waals surface area contributed by atoms with Gasteiger partial charge in [0.1, 0.15) is 11.6 Å². The Morgan fingerprint density at radius 2 is 1.96 bits per heavy atom. The molecule has 0 amide bonds. The Morgan fingerprint density at radius 3 is 2.71 bits per heavy atom. The number of anilines is 1. The molecule has 0 radical (unpaired) electrons. The van der Waals surface area contributed by atoms with Gasteiger partial charge in [-0.3, -0.25) is 0 Å². The Kier molecular flexibility index (Phi) is 7.19. The molecule has 1 aromatic heterocycles. The van der Waals surface area contributed by atoms with Crippen molar-refractivity contribution in [3.05, 3.63) is 59.5 Å². The summed E-state index contributed by atoms with van der Waals surface area (Å²) in [6.07, 6.45) is 1.85. The summed E-state index contributed by atoms with van der Waals surface area (Å²) >= 11 is 0. The van der Waals surface area contributed by atoms with Crippen LogP contribution in [0.2, 0.25) is 0 Å². The number of benzene rings is 1. The molecule has 28 heavy (non-hydrogen) atoms. The first-order valence-electron chi connectivity index (χ1n) is 9.79.